The molecule has 1 aromatic carbocycles. The second kappa shape index (κ2) is 10.2. The highest BCUT2D eigenvalue weighted by Gasteiger charge is 2.61. The maximum atomic E-state index is 13.4. The van der Waals surface area contributed by atoms with Gasteiger partial charge in [0.1, 0.15) is 18.1 Å². The Morgan fingerprint density at radius 1 is 1.11 bits per heavy atom. The van der Waals surface area contributed by atoms with E-state index < -0.39 is 42.1 Å². The number of carbonyl (C=O) groups excluding carboxylic acids is 3. The van der Waals surface area contributed by atoms with Crippen LogP contribution in [-0.4, -0.2) is 88.1 Å². The summed E-state index contributed by atoms with van der Waals surface area (Å²) in [6, 6.07) is 12.2. The first kappa shape index (κ1) is 25.6. The number of hydrogen-bond donors (Lipinski definition) is 1. The standard InChI is InChI=1S/C24H26F3N5O4/c25-24(26,27)16-31-21(34)23(12-18-8-4-5-9-29-18)15-30(10-11-32(23)22(31)35)20(33)19(28)14-36-13-17-6-2-1-3-7-17/h1-9,19H,10-16,28H2. The van der Waals surface area contributed by atoms with Crippen LogP contribution in [0.5, 0.6) is 0 Å². The number of halogens is 3. The minimum atomic E-state index is -4.76. The van der Waals surface area contributed by atoms with Gasteiger partial charge in [-0.1, -0.05) is 36.4 Å². The SMILES string of the molecule is NC(COCc1ccccc1)C(=O)N1CCN2C(=O)N(CC(F)(F)F)C(=O)C2(Cc2ccccn2)C1. The molecular formula is C24H26F3N5O4. The number of pyridine rings is 1. The van der Waals surface area contributed by atoms with Crippen LogP contribution in [0, 0.1) is 0 Å². The summed E-state index contributed by atoms with van der Waals surface area (Å²) in [6.45, 7) is -1.93. The fraction of sp³-hybridized carbons (Fsp3) is 0.417. The quantitative estimate of drug-likeness (QED) is 0.546. The van der Waals surface area contributed by atoms with E-state index in [1.807, 2.05) is 30.3 Å². The molecule has 9 nitrogen and oxygen atoms in total. The smallest absolute Gasteiger partial charge is 0.375 e. The maximum Gasteiger partial charge on any atom is 0.406 e. The molecule has 2 N–H and O–H groups in total. The van der Waals surface area contributed by atoms with Crippen LogP contribution in [0.25, 0.3) is 0 Å². The second-order valence-electron chi connectivity index (χ2n) is 8.84. The Morgan fingerprint density at radius 3 is 2.50 bits per heavy atom. The van der Waals surface area contributed by atoms with E-state index in [-0.39, 0.29) is 44.2 Å². The third kappa shape index (κ3) is 5.34. The summed E-state index contributed by atoms with van der Waals surface area (Å²) in [7, 11) is 0. The summed E-state index contributed by atoms with van der Waals surface area (Å²) < 4.78 is 45.1. The van der Waals surface area contributed by atoms with Crippen LogP contribution in [0.2, 0.25) is 0 Å². The average Bonchev–Trinajstić information content (AvgIpc) is 3.04. The highest BCUT2D eigenvalue weighted by atomic mass is 19.4. The molecular weight excluding hydrogens is 479 g/mol. The molecule has 2 aromatic rings. The van der Waals surface area contributed by atoms with Crippen LogP contribution in [0.3, 0.4) is 0 Å². The molecule has 3 heterocycles. The Kier molecular flexibility index (Phi) is 7.27. The lowest BCUT2D eigenvalue weighted by atomic mass is 9.88. The van der Waals surface area contributed by atoms with Crippen molar-refractivity contribution in [3.8, 4) is 0 Å². The minimum Gasteiger partial charge on any atom is -0.375 e. The molecule has 12 heteroatoms. The Hall–Kier alpha value is -3.51. The van der Waals surface area contributed by atoms with E-state index in [2.05, 4.69) is 4.98 Å². The number of aromatic nitrogens is 1. The van der Waals surface area contributed by atoms with Crippen molar-refractivity contribution in [3.63, 3.8) is 0 Å². The molecule has 4 rings (SSSR count). The molecule has 2 aliphatic rings. The molecule has 0 saturated carbocycles. The summed E-state index contributed by atoms with van der Waals surface area (Å²) >= 11 is 0. The number of imide groups is 1. The molecule has 0 aliphatic carbocycles. The fourth-order valence-corrected chi connectivity index (χ4v) is 4.58. The first-order valence-electron chi connectivity index (χ1n) is 11.4. The number of nitrogens with two attached hydrogens (primary N) is 1. The number of benzene rings is 1. The zero-order valence-electron chi connectivity index (χ0n) is 19.4. The zero-order chi connectivity index (χ0) is 25.9. The number of hydrogen-bond acceptors (Lipinski definition) is 6. The summed E-state index contributed by atoms with van der Waals surface area (Å²) in [5.41, 5.74) is 5.66. The van der Waals surface area contributed by atoms with E-state index in [1.165, 1.54) is 11.1 Å². The highest BCUT2D eigenvalue weighted by molar-refractivity contribution is 6.08. The van der Waals surface area contributed by atoms with Gasteiger partial charge in [-0.25, -0.2) is 4.79 Å². The number of fused-ring (bicyclic) bond motifs is 1. The molecule has 1 aromatic heterocycles. The fourth-order valence-electron chi connectivity index (χ4n) is 4.58. The van der Waals surface area contributed by atoms with Crippen LogP contribution in [0.1, 0.15) is 11.3 Å². The van der Waals surface area contributed by atoms with Crippen LogP contribution in [0.15, 0.2) is 54.7 Å². The Bertz CT molecular complexity index is 1100. The molecule has 4 amide bonds. The van der Waals surface area contributed by atoms with Crippen molar-refractivity contribution in [2.24, 2.45) is 5.73 Å². The van der Waals surface area contributed by atoms with Gasteiger partial charge < -0.3 is 20.3 Å². The van der Waals surface area contributed by atoms with Crippen LogP contribution >= 0.6 is 0 Å². The van der Waals surface area contributed by atoms with Crippen molar-refractivity contribution in [3.05, 3.63) is 66.0 Å². The van der Waals surface area contributed by atoms with E-state index >= 15 is 0 Å². The first-order chi connectivity index (χ1) is 17.1. The molecule has 2 unspecified atom stereocenters. The van der Waals surface area contributed by atoms with Crippen LogP contribution in [0.4, 0.5) is 18.0 Å². The third-order valence-electron chi connectivity index (χ3n) is 6.24. The van der Waals surface area contributed by atoms with E-state index in [9.17, 15) is 27.6 Å². The summed E-state index contributed by atoms with van der Waals surface area (Å²) in [5.74, 6) is -1.53. The van der Waals surface area contributed by atoms with Gasteiger partial charge in [-0.3, -0.25) is 19.5 Å². The lowest BCUT2D eigenvalue weighted by Gasteiger charge is -2.44. The summed E-state index contributed by atoms with van der Waals surface area (Å²) in [6.07, 6.45) is -3.42. The molecule has 192 valence electrons. The number of urea groups is 1. The van der Waals surface area contributed by atoms with Gasteiger partial charge in [0, 0.05) is 31.4 Å². The molecule has 0 spiro atoms. The van der Waals surface area contributed by atoms with Gasteiger partial charge in [0.15, 0.2) is 0 Å². The lowest BCUT2D eigenvalue weighted by molar-refractivity contribution is -0.157. The monoisotopic (exact) mass is 505 g/mol. The number of piperazine rings is 1. The van der Waals surface area contributed by atoms with Gasteiger partial charge in [-0.05, 0) is 17.7 Å². The van der Waals surface area contributed by atoms with Gasteiger partial charge >= 0.3 is 12.2 Å². The number of rotatable bonds is 8. The van der Waals surface area contributed by atoms with Crippen LogP contribution in [-0.2, 0) is 27.4 Å². The van der Waals surface area contributed by atoms with E-state index in [0.29, 0.717) is 5.69 Å². The lowest BCUT2D eigenvalue weighted by Crippen LogP contribution is -2.66. The predicted molar refractivity (Wildman–Crippen MR) is 121 cm³/mol. The molecule has 0 radical (unpaired) electrons. The molecule has 2 fully saturated rings. The van der Waals surface area contributed by atoms with Gasteiger partial charge in [-0.2, -0.15) is 13.2 Å². The van der Waals surface area contributed by atoms with Gasteiger partial charge in [-0.15, -0.1) is 0 Å². The average molecular weight is 505 g/mol. The zero-order valence-corrected chi connectivity index (χ0v) is 19.4. The second-order valence-corrected chi connectivity index (χ2v) is 8.84. The Balaban J connectivity index is 1.52. The first-order valence-corrected chi connectivity index (χ1v) is 11.4. The maximum absolute atomic E-state index is 13.4. The molecule has 2 aliphatic heterocycles. The molecule has 36 heavy (non-hydrogen) atoms. The van der Waals surface area contributed by atoms with Gasteiger partial charge in [0.25, 0.3) is 5.91 Å². The largest absolute Gasteiger partial charge is 0.406 e. The predicted octanol–water partition coefficient (Wildman–Crippen LogP) is 1.58. The number of nitrogens with zero attached hydrogens (tertiary/aromatic N) is 4. The number of amides is 4. The molecule has 2 saturated heterocycles. The Labute approximate surface area is 205 Å². The van der Waals surface area contributed by atoms with E-state index in [0.717, 1.165) is 10.5 Å². The van der Waals surface area contributed by atoms with Crippen molar-refractivity contribution < 1.29 is 32.3 Å². The van der Waals surface area contributed by atoms with Crippen molar-refractivity contribution in [2.75, 3.05) is 32.8 Å². The van der Waals surface area contributed by atoms with Crippen LogP contribution < -0.4 is 5.73 Å². The molecule has 0 bridgehead atoms. The number of ether oxygens (including phenoxy) is 1. The third-order valence-corrected chi connectivity index (χ3v) is 6.24. The van der Waals surface area contributed by atoms with E-state index in [4.69, 9.17) is 10.5 Å². The molecule has 2 atom stereocenters. The van der Waals surface area contributed by atoms with Crippen molar-refractivity contribution >= 4 is 17.8 Å². The minimum absolute atomic E-state index is 0.0219. The number of alkyl halides is 3. The summed E-state index contributed by atoms with van der Waals surface area (Å²) in [5, 5.41) is 0. The summed E-state index contributed by atoms with van der Waals surface area (Å²) in [4.78, 5) is 46.2. The van der Waals surface area contributed by atoms with Crippen molar-refractivity contribution in [1.82, 2.24) is 19.7 Å². The number of carbonyl (C=O) groups is 3. The van der Waals surface area contributed by atoms with Gasteiger partial charge in [0.05, 0.1) is 19.8 Å². The topological polar surface area (TPSA) is 109 Å². The Morgan fingerprint density at radius 2 is 1.83 bits per heavy atom. The van der Waals surface area contributed by atoms with Crippen molar-refractivity contribution in [1.29, 1.82) is 0 Å². The normalized spacial score (nSPS) is 21.1. The van der Waals surface area contributed by atoms with Gasteiger partial charge in [0.2, 0.25) is 5.91 Å². The van der Waals surface area contributed by atoms with Crippen molar-refractivity contribution in [2.45, 2.75) is 30.8 Å². The van der Waals surface area contributed by atoms with E-state index in [1.54, 1.807) is 18.2 Å². The highest BCUT2D eigenvalue weighted by Crippen LogP contribution is 2.36.